The van der Waals surface area contributed by atoms with E-state index >= 15 is 0 Å². The Morgan fingerprint density at radius 3 is 2.52 bits per heavy atom. The number of imide groups is 1. The Kier molecular flexibility index (Phi) is 5.97. The van der Waals surface area contributed by atoms with Crippen molar-refractivity contribution in [1.29, 1.82) is 0 Å². The molecule has 0 spiro atoms. The lowest BCUT2D eigenvalue weighted by atomic mass is 10.0. The number of nitrogens with zero attached hydrogens (tertiary/aromatic N) is 2. The van der Waals surface area contributed by atoms with Gasteiger partial charge in [0.15, 0.2) is 0 Å². The van der Waals surface area contributed by atoms with Crippen LogP contribution in [0.15, 0.2) is 48.5 Å². The highest BCUT2D eigenvalue weighted by Gasteiger charge is 2.39. The number of aliphatic hydroxyl groups excluding tert-OH is 1. The monoisotopic (exact) mass is 448 g/mol. The highest BCUT2D eigenvalue weighted by Crippen LogP contribution is 2.29. The molecule has 3 N–H and O–H groups in total. The minimum atomic E-state index is -0.611. The lowest BCUT2D eigenvalue weighted by Crippen LogP contribution is -2.52. The largest absolute Gasteiger partial charge is 0.390 e. The van der Waals surface area contributed by atoms with Crippen LogP contribution < -0.4 is 10.6 Å². The molecule has 2 aromatic carbocycles. The molecule has 2 saturated heterocycles. The number of fused-ring (bicyclic) bond motifs is 1. The van der Waals surface area contributed by atoms with Gasteiger partial charge < -0.3 is 15.3 Å². The molecule has 1 unspecified atom stereocenters. The third kappa shape index (κ3) is 4.42. The number of β-amino-alcohol motifs (C(OH)–C–C–N with tert-alkyl or cyclic N) is 1. The van der Waals surface area contributed by atoms with Gasteiger partial charge in [0.2, 0.25) is 11.8 Å². The van der Waals surface area contributed by atoms with Gasteiger partial charge in [0.05, 0.1) is 6.10 Å². The zero-order valence-corrected chi connectivity index (χ0v) is 18.4. The molecule has 3 amide bonds. The van der Waals surface area contributed by atoms with Gasteiger partial charge in [-0.05, 0) is 29.2 Å². The molecule has 172 valence electrons. The van der Waals surface area contributed by atoms with E-state index in [9.17, 15) is 19.5 Å². The van der Waals surface area contributed by atoms with Crippen LogP contribution in [0, 0.1) is 0 Å². The first-order chi connectivity index (χ1) is 16.0. The molecule has 3 atom stereocenters. The molecule has 33 heavy (non-hydrogen) atoms. The van der Waals surface area contributed by atoms with Gasteiger partial charge in [-0.25, -0.2) is 0 Å². The smallest absolute Gasteiger partial charge is 0.255 e. The van der Waals surface area contributed by atoms with Crippen molar-refractivity contribution in [3.8, 4) is 0 Å². The summed E-state index contributed by atoms with van der Waals surface area (Å²) in [4.78, 5) is 40.6. The summed E-state index contributed by atoms with van der Waals surface area (Å²) in [6.45, 7) is 3.01. The lowest BCUT2D eigenvalue weighted by Gasteiger charge is -2.31. The molecule has 8 nitrogen and oxygen atoms in total. The molecule has 8 heteroatoms. The van der Waals surface area contributed by atoms with Gasteiger partial charge in [-0.2, -0.15) is 0 Å². The average molecular weight is 449 g/mol. The van der Waals surface area contributed by atoms with E-state index < -0.39 is 18.1 Å². The zero-order chi connectivity index (χ0) is 22.9. The first kappa shape index (κ1) is 21.8. The van der Waals surface area contributed by atoms with Gasteiger partial charge in [-0.1, -0.05) is 42.5 Å². The molecule has 0 aromatic heterocycles. The standard InChI is InChI=1S/C25H28N4O4/c30-22-12-26-11-21(22)28(13-16-4-2-1-3-5-16)14-17-6-7-19-18(10-17)15-29(25(19)33)20-8-9-23(31)27-24(20)32/h1-7,10,20-22,26,30H,8-9,11-15H2,(H,27,31,32)/t20?,21-,22-/m1/s1. The summed E-state index contributed by atoms with van der Waals surface area (Å²) < 4.78 is 0. The molecular formula is C25H28N4O4. The Labute approximate surface area is 192 Å². The highest BCUT2D eigenvalue weighted by molar-refractivity contribution is 6.05. The van der Waals surface area contributed by atoms with Crippen molar-refractivity contribution in [2.45, 2.75) is 50.7 Å². The van der Waals surface area contributed by atoms with Crippen LogP contribution in [0.25, 0.3) is 0 Å². The van der Waals surface area contributed by atoms with E-state index in [1.54, 1.807) is 4.90 Å². The van der Waals surface area contributed by atoms with Crippen molar-refractivity contribution in [3.05, 3.63) is 70.8 Å². The zero-order valence-electron chi connectivity index (χ0n) is 18.4. The molecule has 0 radical (unpaired) electrons. The summed E-state index contributed by atoms with van der Waals surface area (Å²) in [6.07, 6.45) is 0.163. The van der Waals surface area contributed by atoms with Crippen LogP contribution in [-0.4, -0.2) is 63.9 Å². The van der Waals surface area contributed by atoms with E-state index in [-0.39, 0.29) is 24.3 Å². The summed E-state index contributed by atoms with van der Waals surface area (Å²) in [7, 11) is 0. The molecule has 2 aromatic rings. The van der Waals surface area contributed by atoms with Gasteiger partial charge in [0, 0.05) is 50.7 Å². The van der Waals surface area contributed by atoms with Crippen molar-refractivity contribution in [2.75, 3.05) is 13.1 Å². The molecule has 0 aliphatic carbocycles. The quantitative estimate of drug-likeness (QED) is 0.565. The number of benzene rings is 2. The van der Waals surface area contributed by atoms with E-state index in [1.165, 1.54) is 5.56 Å². The first-order valence-corrected chi connectivity index (χ1v) is 11.4. The van der Waals surface area contributed by atoms with E-state index in [1.807, 2.05) is 36.4 Å². The minimum Gasteiger partial charge on any atom is -0.390 e. The molecule has 0 saturated carbocycles. The second kappa shape index (κ2) is 9.05. The van der Waals surface area contributed by atoms with E-state index in [2.05, 4.69) is 27.7 Å². The van der Waals surface area contributed by atoms with Crippen molar-refractivity contribution in [2.24, 2.45) is 0 Å². The summed E-state index contributed by atoms with van der Waals surface area (Å²) in [5.41, 5.74) is 3.74. The lowest BCUT2D eigenvalue weighted by molar-refractivity contribution is -0.136. The summed E-state index contributed by atoms with van der Waals surface area (Å²) in [5, 5.41) is 16.1. The minimum absolute atomic E-state index is 0.0000582. The second-order valence-corrected chi connectivity index (χ2v) is 9.07. The molecular weight excluding hydrogens is 420 g/mol. The van der Waals surface area contributed by atoms with Gasteiger partial charge in [-0.15, -0.1) is 0 Å². The Hall–Kier alpha value is -3.07. The van der Waals surface area contributed by atoms with Crippen LogP contribution in [0.1, 0.15) is 39.9 Å². The van der Waals surface area contributed by atoms with Crippen LogP contribution in [0.3, 0.4) is 0 Å². The SMILES string of the molecule is O=C1CCC(N2Cc3cc(CN(Cc4ccccc4)[C@@H]4CNC[C@H]4O)ccc3C2=O)C(=O)N1. The maximum absolute atomic E-state index is 13.0. The normalized spacial score (nSPS) is 25.0. The number of carbonyl (C=O) groups excluding carboxylic acids is 3. The Balaban J connectivity index is 1.35. The average Bonchev–Trinajstić information content (AvgIpc) is 3.37. The fraction of sp³-hybridized carbons (Fsp3) is 0.400. The maximum atomic E-state index is 13.0. The maximum Gasteiger partial charge on any atom is 0.255 e. The molecule has 0 bridgehead atoms. The van der Waals surface area contributed by atoms with Crippen LogP contribution in [0.4, 0.5) is 0 Å². The molecule has 3 heterocycles. The molecule has 5 rings (SSSR count). The third-order valence-electron chi connectivity index (χ3n) is 6.82. The summed E-state index contributed by atoms with van der Waals surface area (Å²) in [6, 6.07) is 15.4. The van der Waals surface area contributed by atoms with Crippen molar-refractivity contribution < 1.29 is 19.5 Å². The van der Waals surface area contributed by atoms with Crippen LogP contribution in [0.5, 0.6) is 0 Å². The van der Waals surface area contributed by atoms with Crippen molar-refractivity contribution in [3.63, 3.8) is 0 Å². The van der Waals surface area contributed by atoms with Crippen molar-refractivity contribution >= 4 is 17.7 Å². The Morgan fingerprint density at radius 2 is 1.79 bits per heavy atom. The van der Waals surface area contributed by atoms with Crippen LogP contribution >= 0.6 is 0 Å². The van der Waals surface area contributed by atoms with Gasteiger partial charge in [0.25, 0.3) is 5.91 Å². The Morgan fingerprint density at radius 1 is 1.00 bits per heavy atom. The first-order valence-electron chi connectivity index (χ1n) is 11.4. The van der Waals surface area contributed by atoms with Gasteiger partial charge in [0.1, 0.15) is 6.04 Å². The number of hydrogen-bond acceptors (Lipinski definition) is 6. The highest BCUT2D eigenvalue weighted by atomic mass is 16.3. The fourth-order valence-corrected chi connectivity index (χ4v) is 5.09. The molecule has 2 fully saturated rings. The van der Waals surface area contributed by atoms with E-state index in [4.69, 9.17) is 0 Å². The number of piperidine rings is 1. The fourth-order valence-electron chi connectivity index (χ4n) is 5.09. The molecule has 3 aliphatic heterocycles. The van der Waals surface area contributed by atoms with Gasteiger partial charge in [-0.3, -0.25) is 24.6 Å². The second-order valence-electron chi connectivity index (χ2n) is 9.07. The summed E-state index contributed by atoms with van der Waals surface area (Å²) >= 11 is 0. The number of hydrogen-bond donors (Lipinski definition) is 3. The number of rotatable bonds is 6. The number of amides is 3. The van der Waals surface area contributed by atoms with Crippen molar-refractivity contribution in [1.82, 2.24) is 20.4 Å². The number of nitrogens with one attached hydrogen (secondary N) is 2. The molecule has 3 aliphatic rings. The Bertz CT molecular complexity index is 1070. The van der Waals surface area contributed by atoms with E-state index in [0.717, 1.165) is 17.7 Å². The predicted octanol–water partition coefficient (Wildman–Crippen LogP) is 0.783. The van der Waals surface area contributed by atoms with Gasteiger partial charge >= 0.3 is 0 Å². The topological polar surface area (TPSA) is 102 Å². The van der Waals surface area contributed by atoms with Crippen LogP contribution in [-0.2, 0) is 29.2 Å². The predicted molar refractivity (Wildman–Crippen MR) is 121 cm³/mol. The number of aliphatic hydroxyl groups is 1. The third-order valence-corrected chi connectivity index (χ3v) is 6.82. The van der Waals surface area contributed by atoms with Crippen LogP contribution in [0.2, 0.25) is 0 Å². The summed E-state index contributed by atoms with van der Waals surface area (Å²) in [5.74, 6) is -0.850. The number of carbonyl (C=O) groups is 3. The van der Waals surface area contributed by atoms with E-state index in [0.29, 0.717) is 38.2 Å².